The molecule has 120 valence electrons. The minimum atomic E-state index is -0.990. The molecule has 6 N–H and O–H groups in total. The topological polar surface area (TPSA) is 144 Å². The first kappa shape index (κ1) is 19.4. The van der Waals surface area contributed by atoms with Crippen molar-refractivity contribution in [1.82, 2.24) is 9.55 Å². The number of imidazole rings is 1. The maximum Gasteiger partial charge on any atom is 0.320 e. The Morgan fingerprint density at radius 3 is 2.29 bits per heavy atom. The number of carboxylic acids is 2. The van der Waals surface area contributed by atoms with Crippen LogP contribution in [0.15, 0.2) is 12.5 Å². The lowest BCUT2D eigenvalue weighted by atomic mass is 10.2. The third kappa shape index (κ3) is 8.33. The first-order valence-electron chi connectivity index (χ1n) is 6.20. The third-order valence-electron chi connectivity index (χ3n) is 2.61. The molecule has 1 heterocycles. The fourth-order valence-corrected chi connectivity index (χ4v) is 1.75. The van der Waals surface area contributed by atoms with Crippen LogP contribution >= 0.6 is 11.8 Å². The van der Waals surface area contributed by atoms with E-state index in [2.05, 4.69) is 4.98 Å². The highest BCUT2D eigenvalue weighted by Gasteiger charge is 2.13. The van der Waals surface area contributed by atoms with Crippen molar-refractivity contribution in [3.63, 3.8) is 0 Å². The Hall–Kier alpha value is -1.58. The molecule has 1 aromatic heterocycles. The number of nitrogens with zero attached hydrogens (tertiary/aromatic N) is 2. The van der Waals surface area contributed by atoms with Gasteiger partial charge in [-0.2, -0.15) is 11.8 Å². The van der Waals surface area contributed by atoms with Crippen LogP contribution < -0.4 is 11.5 Å². The number of rotatable bonds is 7. The van der Waals surface area contributed by atoms with Crippen LogP contribution in [0.5, 0.6) is 0 Å². The number of carboxylic acid groups (broad SMARTS) is 2. The van der Waals surface area contributed by atoms with Gasteiger partial charge in [-0.05, 0) is 18.4 Å². The van der Waals surface area contributed by atoms with E-state index in [-0.39, 0.29) is 0 Å². The van der Waals surface area contributed by atoms with Crippen molar-refractivity contribution in [2.75, 3.05) is 12.0 Å². The van der Waals surface area contributed by atoms with Crippen LogP contribution in [0.2, 0.25) is 0 Å². The number of hydrogen-bond donors (Lipinski definition) is 4. The number of thioether (sulfide) groups is 1. The molecule has 0 saturated heterocycles. The van der Waals surface area contributed by atoms with E-state index in [0.29, 0.717) is 12.8 Å². The molecule has 0 radical (unpaired) electrons. The van der Waals surface area contributed by atoms with Crippen molar-refractivity contribution in [2.24, 2.45) is 18.5 Å². The van der Waals surface area contributed by atoms with E-state index in [4.69, 9.17) is 21.7 Å². The van der Waals surface area contributed by atoms with Crippen molar-refractivity contribution < 1.29 is 19.8 Å². The maximum absolute atomic E-state index is 10.4. The number of hydrogen-bond acceptors (Lipinski definition) is 6. The van der Waals surface area contributed by atoms with Crippen LogP contribution in [0.3, 0.4) is 0 Å². The van der Waals surface area contributed by atoms with E-state index >= 15 is 0 Å². The SMILES string of the molecule is CSCCC(N)C(=O)O.Cn1cncc1CC(N)C(=O)O. The zero-order valence-electron chi connectivity index (χ0n) is 12.1. The molecule has 21 heavy (non-hydrogen) atoms. The summed E-state index contributed by atoms with van der Waals surface area (Å²) in [6, 6.07) is -1.53. The van der Waals surface area contributed by atoms with Gasteiger partial charge in [0.25, 0.3) is 0 Å². The normalized spacial score (nSPS) is 13.0. The predicted octanol–water partition coefficient (Wildman–Crippen LogP) is -0.474. The Morgan fingerprint density at radius 1 is 1.33 bits per heavy atom. The molecule has 1 aromatic rings. The molecule has 0 aliphatic rings. The van der Waals surface area contributed by atoms with E-state index in [1.165, 1.54) is 0 Å². The maximum atomic E-state index is 10.4. The first-order chi connectivity index (χ1) is 9.79. The molecule has 9 heteroatoms. The summed E-state index contributed by atoms with van der Waals surface area (Å²) in [7, 11) is 1.80. The highest BCUT2D eigenvalue weighted by atomic mass is 32.2. The van der Waals surface area contributed by atoms with Crippen LogP contribution in [0.25, 0.3) is 0 Å². The molecule has 0 bridgehead atoms. The van der Waals surface area contributed by atoms with Gasteiger partial charge in [-0.15, -0.1) is 0 Å². The van der Waals surface area contributed by atoms with E-state index in [1.807, 2.05) is 6.26 Å². The average molecular weight is 318 g/mol. The minimum absolute atomic E-state index is 0.311. The van der Waals surface area contributed by atoms with E-state index in [0.717, 1.165) is 11.4 Å². The molecule has 0 spiro atoms. The smallest absolute Gasteiger partial charge is 0.320 e. The largest absolute Gasteiger partial charge is 0.480 e. The molecule has 1 rings (SSSR count). The van der Waals surface area contributed by atoms with Crippen LogP contribution in [-0.4, -0.2) is 55.8 Å². The molecule has 2 unspecified atom stereocenters. The fraction of sp³-hybridized carbons (Fsp3) is 0.583. The van der Waals surface area contributed by atoms with Crippen LogP contribution in [0.4, 0.5) is 0 Å². The van der Waals surface area contributed by atoms with E-state index in [9.17, 15) is 9.59 Å². The van der Waals surface area contributed by atoms with Crippen molar-refractivity contribution in [3.8, 4) is 0 Å². The molecular weight excluding hydrogens is 296 g/mol. The van der Waals surface area contributed by atoms with Gasteiger partial charge in [-0.1, -0.05) is 0 Å². The van der Waals surface area contributed by atoms with Crippen LogP contribution in [0.1, 0.15) is 12.1 Å². The Morgan fingerprint density at radius 2 is 1.90 bits per heavy atom. The molecule has 0 aromatic carbocycles. The molecule has 0 fully saturated rings. The molecule has 0 aliphatic heterocycles. The lowest BCUT2D eigenvalue weighted by Gasteiger charge is -2.05. The second kappa shape index (κ2) is 10.2. The molecule has 0 saturated carbocycles. The zero-order chi connectivity index (χ0) is 16.4. The monoisotopic (exact) mass is 318 g/mol. The molecule has 0 amide bonds. The molecule has 2 atom stereocenters. The lowest BCUT2D eigenvalue weighted by molar-refractivity contribution is -0.139. The number of carbonyl (C=O) groups is 2. The second-order valence-electron chi connectivity index (χ2n) is 4.37. The standard InChI is InChI=1S/C7H11N3O2.C5H11NO2S/c1-10-4-9-3-5(10)2-6(8)7(11)12;1-9-3-2-4(6)5(7)8/h3-4,6H,2,8H2,1H3,(H,11,12);4H,2-3,6H2,1H3,(H,7,8). The number of aromatic nitrogens is 2. The second-order valence-corrected chi connectivity index (χ2v) is 5.36. The predicted molar refractivity (Wildman–Crippen MR) is 81.1 cm³/mol. The average Bonchev–Trinajstić information content (AvgIpc) is 2.82. The van der Waals surface area contributed by atoms with Crippen molar-refractivity contribution in [1.29, 1.82) is 0 Å². The van der Waals surface area contributed by atoms with Gasteiger partial charge in [0.2, 0.25) is 0 Å². The third-order valence-corrected chi connectivity index (χ3v) is 3.26. The minimum Gasteiger partial charge on any atom is -0.480 e. The first-order valence-corrected chi connectivity index (χ1v) is 7.59. The number of nitrogens with two attached hydrogens (primary N) is 2. The van der Waals surface area contributed by atoms with Gasteiger partial charge in [-0.25, -0.2) is 4.98 Å². The molecule has 8 nitrogen and oxygen atoms in total. The van der Waals surface area contributed by atoms with Crippen molar-refractivity contribution >= 4 is 23.7 Å². The summed E-state index contributed by atoms with van der Waals surface area (Å²) in [6.07, 6.45) is 6.02. The zero-order valence-corrected chi connectivity index (χ0v) is 12.9. The summed E-state index contributed by atoms with van der Waals surface area (Å²) in [5, 5.41) is 16.8. The van der Waals surface area contributed by atoms with E-state index < -0.39 is 24.0 Å². The van der Waals surface area contributed by atoms with Gasteiger partial charge in [0, 0.05) is 25.4 Å². The number of aliphatic carboxylic acids is 2. The van der Waals surface area contributed by atoms with Gasteiger partial charge >= 0.3 is 11.9 Å². The van der Waals surface area contributed by atoms with Gasteiger partial charge < -0.3 is 26.2 Å². The summed E-state index contributed by atoms with van der Waals surface area (Å²) < 4.78 is 1.75. The summed E-state index contributed by atoms with van der Waals surface area (Å²) in [5.74, 6) is -1.09. The summed E-state index contributed by atoms with van der Waals surface area (Å²) in [6.45, 7) is 0. The van der Waals surface area contributed by atoms with Crippen molar-refractivity contribution in [2.45, 2.75) is 24.9 Å². The van der Waals surface area contributed by atoms with E-state index in [1.54, 1.807) is 35.9 Å². The number of aryl methyl sites for hydroxylation is 1. The van der Waals surface area contributed by atoms with Gasteiger partial charge in [-0.3, -0.25) is 9.59 Å². The summed E-state index contributed by atoms with van der Waals surface area (Å²) >= 11 is 1.60. The molecular formula is C12H22N4O4S. The lowest BCUT2D eigenvalue weighted by Crippen LogP contribution is -2.32. The van der Waals surface area contributed by atoms with Gasteiger partial charge in [0.15, 0.2) is 0 Å². The Kier molecular flexibility index (Phi) is 9.42. The van der Waals surface area contributed by atoms with Gasteiger partial charge in [0.05, 0.1) is 6.33 Å². The summed E-state index contributed by atoms with van der Waals surface area (Å²) in [5.41, 5.74) is 11.3. The Labute approximate surface area is 127 Å². The Bertz CT molecular complexity index is 452. The van der Waals surface area contributed by atoms with Crippen LogP contribution in [-0.2, 0) is 23.1 Å². The quantitative estimate of drug-likeness (QED) is 0.528. The van der Waals surface area contributed by atoms with Gasteiger partial charge in [0.1, 0.15) is 12.1 Å². The fourth-order valence-electron chi connectivity index (χ4n) is 1.26. The van der Waals surface area contributed by atoms with Crippen molar-refractivity contribution in [3.05, 3.63) is 18.2 Å². The summed E-state index contributed by atoms with van der Waals surface area (Å²) in [4.78, 5) is 24.3. The van der Waals surface area contributed by atoms with Crippen LogP contribution in [0, 0.1) is 0 Å². The molecule has 0 aliphatic carbocycles. The Balaban J connectivity index is 0.000000400. The highest BCUT2D eigenvalue weighted by Crippen LogP contribution is 1.99. The highest BCUT2D eigenvalue weighted by molar-refractivity contribution is 7.98.